The maximum atomic E-state index is 11.7. The topological polar surface area (TPSA) is 113 Å². The van der Waals surface area contributed by atoms with E-state index in [-0.39, 0.29) is 18.0 Å². The summed E-state index contributed by atoms with van der Waals surface area (Å²) in [7, 11) is -3.41. The molecule has 0 unspecified atom stereocenters. The SMILES string of the molecule is CS(=O)(=O)c1cn[nH]c1[C@@H]1COCCN1CC(=O)O. The number of carboxylic acid groups (broad SMARTS) is 1. The highest BCUT2D eigenvalue weighted by atomic mass is 32.2. The lowest BCUT2D eigenvalue weighted by Gasteiger charge is -2.33. The second-order valence-corrected chi connectivity index (χ2v) is 6.36. The molecule has 106 valence electrons. The van der Waals surface area contributed by atoms with Crippen LogP contribution in [0.1, 0.15) is 11.7 Å². The number of rotatable bonds is 4. The molecule has 2 heterocycles. The van der Waals surface area contributed by atoms with E-state index in [1.165, 1.54) is 6.20 Å². The van der Waals surface area contributed by atoms with Crippen LogP contribution in [0.25, 0.3) is 0 Å². The minimum Gasteiger partial charge on any atom is -0.480 e. The van der Waals surface area contributed by atoms with Crippen LogP contribution < -0.4 is 0 Å². The monoisotopic (exact) mass is 289 g/mol. The van der Waals surface area contributed by atoms with E-state index in [1.54, 1.807) is 4.90 Å². The minimum atomic E-state index is -3.41. The fraction of sp³-hybridized carbons (Fsp3) is 0.600. The summed E-state index contributed by atoms with van der Waals surface area (Å²) < 4.78 is 28.6. The molecule has 0 spiro atoms. The molecule has 0 bridgehead atoms. The number of aromatic nitrogens is 2. The van der Waals surface area contributed by atoms with Crippen LogP contribution in [0, 0.1) is 0 Å². The van der Waals surface area contributed by atoms with E-state index in [2.05, 4.69) is 10.2 Å². The molecule has 0 aromatic carbocycles. The van der Waals surface area contributed by atoms with Crippen LogP contribution in [0.15, 0.2) is 11.1 Å². The normalized spacial score (nSPS) is 21.4. The van der Waals surface area contributed by atoms with Gasteiger partial charge in [0.1, 0.15) is 4.90 Å². The molecule has 1 atom stereocenters. The number of hydrogen-bond donors (Lipinski definition) is 2. The van der Waals surface area contributed by atoms with Gasteiger partial charge in [-0.25, -0.2) is 8.42 Å². The van der Waals surface area contributed by atoms with Gasteiger partial charge in [-0.3, -0.25) is 14.8 Å². The summed E-state index contributed by atoms with van der Waals surface area (Å²) in [5.74, 6) is -0.965. The minimum absolute atomic E-state index is 0.0818. The molecule has 1 saturated heterocycles. The zero-order chi connectivity index (χ0) is 14.0. The van der Waals surface area contributed by atoms with Gasteiger partial charge in [-0.2, -0.15) is 5.10 Å². The molecule has 1 aliphatic heterocycles. The largest absolute Gasteiger partial charge is 0.480 e. The van der Waals surface area contributed by atoms with Crippen molar-refractivity contribution < 1.29 is 23.1 Å². The molecule has 0 amide bonds. The van der Waals surface area contributed by atoms with Crippen molar-refractivity contribution in [1.29, 1.82) is 0 Å². The van der Waals surface area contributed by atoms with E-state index in [9.17, 15) is 13.2 Å². The summed E-state index contributed by atoms with van der Waals surface area (Å²) in [6.45, 7) is 0.916. The zero-order valence-electron chi connectivity index (χ0n) is 10.4. The molecule has 9 heteroatoms. The van der Waals surface area contributed by atoms with E-state index in [0.717, 1.165) is 6.26 Å². The molecule has 2 rings (SSSR count). The second kappa shape index (κ2) is 5.27. The number of morpholine rings is 1. The van der Waals surface area contributed by atoms with Crippen molar-refractivity contribution >= 4 is 15.8 Å². The Labute approximate surface area is 110 Å². The number of hydrogen-bond acceptors (Lipinski definition) is 6. The van der Waals surface area contributed by atoms with Crippen molar-refractivity contribution in [2.45, 2.75) is 10.9 Å². The average Bonchev–Trinajstić information content (AvgIpc) is 2.77. The lowest BCUT2D eigenvalue weighted by molar-refractivity contribution is -0.140. The van der Waals surface area contributed by atoms with Gasteiger partial charge in [0, 0.05) is 12.8 Å². The number of sulfone groups is 1. The van der Waals surface area contributed by atoms with Crippen LogP contribution in [0.3, 0.4) is 0 Å². The number of aliphatic carboxylic acids is 1. The van der Waals surface area contributed by atoms with Crippen molar-refractivity contribution in [1.82, 2.24) is 15.1 Å². The molecular weight excluding hydrogens is 274 g/mol. The number of nitrogens with one attached hydrogen (secondary N) is 1. The first-order valence-corrected chi connectivity index (χ1v) is 7.55. The Morgan fingerprint density at radius 1 is 1.68 bits per heavy atom. The third-order valence-corrected chi connectivity index (χ3v) is 4.07. The third kappa shape index (κ3) is 3.11. The van der Waals surface area contributed by atoms with Gasteiger partial charge in [-0.05, 0) is 0 Å². The van der Waals surface area contributed by atoms with E-state index < -0.39 is 21.8 Å². The Morgan fingerprint density at radius 3 is 3.05 bits per heavy atom. The predicted molar refractivity (Wildman–Crippen MR) is 64.5 cm³/mol. The Kier molecular flexibility index (Phi) is 3.88. The predicted octanol–water partition coefficient (Wildman–Crippen LogP) is -0.729. The van der Waals surface area contributed by atoms with Gasteiger partial charge in [0.15, 0.2) is 9.84 Å². The Hall–Kier alpha value is -1.45. The van der Waals surface area contributed by atoms with E-state index in [4.69, 9.17) is 9.84 Å². The first-order chi connectivity index (χ1) is 8.89. The maximum Gasteiger partial charge on any atom is 0.317 e. The van der Waals surface area contributed by atoms with Crippen LogP contribution in [0.2, 0.25) is 0 Å². The van der Waals surface area contributed by atoms with Crippen LogP contribution >= 0.6 is 0 Å². The van der Waals surface area contributed by atoms with Gasteiger partial charge in [-0.1, -0.05) is 0 Å². The zero-order valence-corrected chi connectivity index (χ0v) is 11.2. The highest BCUT2D eigenvalue weighted by molar-refractivity contribution is 7.90. The van der Waals surface area contributed by atoms with Crippen LogP contribution in [-0.2, 0) is 19.4 Å². The summed E-state index contributed by atoms with van der Waals surface area (Å²) in [5.41, 5.74) is 0.378. The number of ether oxygens (including phenoxy) is 1. The molecule has 1 aromatic rings. The first kappa shape index (κ1) is 14.0. The number of nitrogens with zero attached hydrogens (tertiary/aromatic N) is 2. The van der Waals surface area contributed by atoms with Crippen LogP contribution in [0.5, 0.6) is 0 Å². The van der Waals surface area contributed by atoms with Gasteiger partial charge in [0.05, 0.1) is 37.7 Å². The van der Waals surface area contributed by atoms with Crippen molar-refractivity contribution in [2.24, 2.45) is 0 Å². The number of aromatic amines is 1. The Bertz CT molecular complexity index is 567. The summed E-state index contributed by atoms with van der Waals surface area (Å²) in [4.78, 5) is 12.6. The summed E-state index contributed by atoms with van der Waals surface area (Å²) >= 11 is 0. The Balaban J connectivity index is 2.33. The quantitative estimate of drug-likeness (QED) is 0.751. The molecule has 0 aliphatic carbocycles. The summed E-state index contributed by atoms with van der Waals surface area (Å²) in [6, 6.07) is -0.447. The molecule has 19 heavy (non-hydrogen) atoms. The van der Waals surface area contributed by atoms with Gasteiger partial charge in [0.25, 0.3) is 0 Å². The number of H-pyrrole nitrogens is 1. The standard InChI is InChI=1S/C10H15N3O5S/c1-19(16,17)8-4-11-12-10(8)7-6-18-3-2-13(7)5-9(14)15/h4,7H,2-3,5-6H2,1H3,(H,11,12)(H,14,15)/t7-/m0/s1. The maximum absolute atomic E-state index is 11.7. The molecule has 0 saturated carbocycles. The smallest absolute Gasteiger partial charge is 0.317 e. The molecule has 2 N–H and O–H groups in total. The average molecular weight is 289 g/mol. The van der Waals surface area contributed by atoms with Crippen molar-refractivity contribution in [3.05, 3.63) is 11.9 Å². The molecule has 1 fully saturated rings. The van der Waals surface area contributed by atoms with E-state index in [1.807, 2.05) is 0 Å². The van der Waals surface area contributed by atoms with E-state index in [0.29, 0.717) is 18.8 Å². The molecule has 1 aromatic heterocycles. The summed E-state index contributed by atoms with van der Waals surface area (Å²) in [5, 5.41) is 15.3. The van der Waals surface area contributed by atoms with Gasteiger partial charge >= 0.3 is 5.97 Å². The molecule has 1 aliphatic rings. The summed E-state index contributed by atoms with van der Waals surface area (Å²) in [6.07, 6.45) is 2.32. The Morgan fingerprint density at radius 2 is 2.42 bits per heavy atom. The fourth-order valence-electron chi connectivity index (χ4n) is 2.09. The molecular formula is C10H15N3O5S. The van der Waals surface area contributed by atoms with Crippen molar-refractivity contribution in [2.75, 3.05) is 32.6 Å². The second-order valence-electron chi connectivity index (χ2n) is 4.38. The lowest BCUT2D eigenvalue weighted by Crippen LogP contribution is -2.42. The number of carboxylic acids is 1. The third-order valence-electron chi connectivity index (χ3n) is 2.94. The van der Waals surface area contributed by atoms with Crippen molar-refractivity contribution in [3.8, 4) is 0 Å². The fourth-order valence-corrected chi connectivity index (χ4v) is 2.91. The van der Waals surface area contributed by atoms with Gasteiger partial charge in [-0.15, -0.1) is 0 Å². The molecule has 0 radical (unpaired) electrons. The van der Waals surface area contributed by atoms with Crippen molar-refractivity contribution in [3.63, 3.8) is 0 Å². The highest BCUT2D eigenvalue weighted by Crippen LogP contribution is 2.27. The van der Waals surface area contributed by atoms with E-state index >= 15 is 0 Å². The lowest BCUT2D eigenvalue weighted by atomic mass is 10.1. The first-order valence-electron chi connectivity index (χ1n) is 5.66. The van der Waals surface area contributed by atoms with Gasteiger partial charge < -0.3 is 9.84 Å². The van der Waals surface area contributed by atoms with Gasteiger partial charge in [0.2, 0.25) is 0 Å². The van der Waals surface area contributed by atoms with Crippen LogP contribution in [0.4, 0.5) is 0 Å². The van der Waals surface area contributed by atoms with Crippen LogP contribution in [-0.4, -0.2) is 67.1 Å². The highest BCUT2D eigenvalue weighted by Gasteiger charge is 2.31. The molecule has 8 nitrogen and oxygen atoms in total. The number of carbonyl (C=O) groups is 1.